The Labute approximate surface area is 195 Å². The lowest BCUT2D eigenvalue weighted by atomic mass is 10.1. The first-order valence-electron chi connectivity index (χ1n) is 11.0. The maximum atomic E-state index is 13.8. The van der Waals surface area contributed by atoms with Crippen LogP contribution in [0.5, 0.6) is 0 Å². The molecule has 2 aromatic heterocycles. The molecule has 0 bridgehead atoms. The minimum atomic E-state index is -0.724. The number of hydrogen-bond donors (Lipinski definition) is 1. The average Bonchev–Trinajstić information content (AvgIpc) is 3.10. The van der Waals surface area contributed by atoms with Crippen LogP contribution in [0.3, 0.4) is 0 Å². The number of aryl methyl sites for hydroxylation is 1. The lowest BCUT2D eigenvalue weighted by Crippen LogP contribution is -2.32. The molecule has 0 saturated carbocycles. The average molecular weight is 466 g/mol. The van der Waals surface area contributed by atoms with Crippen LogP contribution in [-0.2, 0) is 35.5 Å². The third-order valence-electron chi connectivity index (χ3n) is 5.59. The smallest absolute Gasteiger partial charge is 0.246 e. The summed E-state index contributed by atoms with van der Waals surface area (Å²) in [7, 11) is 0. The zero-order chi connectivity index (χ0) is 23.9. The summed E-state index contributed by atoms with van der Waals surface area (Å²) in [5, 5.41) is 11.3. The van der Waals surface area contributed by atoms with Crippen LogP contribution in [-0.4, -0.2) is 49.6 Å². The number of fused-ring (bicyclic) bond motifs is 1. The van der Waals surface area contributed by atoms with Gasteiger partial charge in [-0.25, -0.2) is 8.78 Å². The highest BCUT2D eigenvalue weighted by Crippen LogP contribution is 2.13. The summed E-state index contributed by atoms with van der Waals surface area (Å²) in [5.41, 5.74) is 1.14. The highest BCUT2D eigenvalue weighted by Gasteiger charge is 2.21. The number of rotatable bonds is 7. The van der Waals surface area contributed by atoms with Crippen LogP contribution < -0.4 is 5.32 Å². The number of benzene rings is 1. The highest BCUT2D eigenvalue weighted by atomic mass is 19.1. The highest BCUT2D eigenvalue weighted by molar-refractivity contribution is 5.91. The minimum absolute atomic E-state index is 0.0928. The third kappa shape index (κ3) is 5.89. The summed E-state index contributed by atoms with van der Waals surface area (Å²) < 4.78 is 28.7. The fraction of sp³-hybridized carbons (Fsp3) is 0.292. The fourth-order valence-electron chi connectivity index (χ4n) is 3.71. The molecule has 0 saturated heterocycles. The van der Waals surface area contributed by atoms with Crippen molar-refractivity contribution in [3.8, 4) is 0 Å². The van der Waals surface area contributed by atoms with Crippen molar-refractivity contribution in [1.29, 1.82) is 0 Å². The Balaban J connectivity index is 1.30. The first-order chi connectivity index (χ1) is 16.5. The van der Waals surface area contributed by atoms with Crippen molar-refractivity contribution in [3.63, 3.8) is 0 Å². The predicted molar refractivity (Wildman–Crippen MR) is 120 cm³/mol. The maximum absolute atomic E-state index is 13.8. The third-order valence-corrected chi connectivity index (χ3v) is 5.59. The molecule has 1 N–H and O–H groups in total. The largest absolute Gasteiger partial charge is 0.349 e. The second-order valence-corrected chi connectivity index (χ2v) is 7.90. The van der Waals surface area contributed by atoms with Gasteiger partial charge in [0.1, 0.15) is 17.5 Å². The summed E-state index contributed by atoms with van der Waals surface area (Å²) in [6.45, 7) is 1.58. The molecule has 4 rings (SSSR count). The molecule has 1 aliphatic heterocycles. The lowest BCUT2D eigenvalue weighted by Gasteiger charge is -2.18. The minimum Gasteiger partial charge on any atom is -0.349 e. The molecular formula is C24H24F2N6O2. The van der Waals surface area contributed by atoms with E-state index >= 15 is 0 Å². The Morgan fingerprint density at radius 3 is 2.79 bits per heavy atom. The van der Waals surface area contributed by atoms with Gasteiger partial charge in [-0.15, -0.1) is 10.2 Å². The summed E-state index contributed by atoms with van der Waals surface area (Å²) in [4.78, 5) is 30.5. The van der Waals surface area contributed by atoms with Crippen molar-refractivity contribution in [2.45, 2.75) is 32.4 Å². The number of nitrogens with one attached hydrogen (secondary N) is 1. The Kier molecular flexibility index (Phi) is 7.36. The summed E-state index contributed by atoms with van der Waals surface area (Å²) in [5.74, 6) is -0.390. The molecule has 0 atom stereocenters. The first-order valence-corrected chi connectivity index (χ1v) is 11.0. The van der Waals surface area contributed by atoms with Gasteiger partial charge in [0.05, 0.1) is 6.54 Å². The van der Waals surface area contributed by atoms with Crippen molar-refractivity contribution >= 4 is 17.9 Å². The van der Waals surface area contributed by atoms with Gasteiger partial charge in [-0.05, 0) is 36.3 Å². The number of carbonyl (C=O) groups excluding carboxylic acids is 2. The van der Waals surface area contributed by atoms with Gasteiger partial charge < -0.3 is 14.8 Å². The fourth-order valence-corrected chi connectivity index (χ4v) is 3.71. The second-order valence-electron chi connectivity index (χ2n) is 7.90. The molecule has 3 aromatic rings. The maximum Gasteiger partial charge on any atom is 0.246 e. The van der Waals surface area contributed by atoms with E-state index in [9.17, 15) is 18.4 Å². The monoisotopic (exact) mass is 466 g/mol. The molecule has 2 amide bonds. The molecule has 0 radical (unpaired) electrons. The van der Waals surface area contributed by atoms with E-state index in [1.165, 1.54) is 18.2 Å². The van der Waals surface area contributed by atoms with Crippen molar-refractivity contribution in [2.24, 2.45) is 0 Å². The summed E-state index contributed by atoms with van der Waals surface area (Å²) >= 11 is 0. The number of aromatic nitrogens is 4. The van der Waals surface area contributed by atoms with Crippen LogP contribution in [0.15, 0.2) is 48.8 Å². The molecule has 3 heterocycles. The van der Waals surface area contributed by atoms with Gasteiger partial charge in [0.25, 0.3) is 0 Å². The van der Waals surface area contributed by atoms with Gasteiger partial charge in [-0.2, -0.15) is 0 Å². The Morgan fingerprint density at radius 1 is 1.12 bits per heavy atom. The molecule has 176 valence electrons. The number of nitrogens with zero attached hydrogens (tertiary/aromatic N) is 5. The molecule has 10 heteroatoms. The van der Waals surface area contributed by atoms with Crippen LogP contribution in [0.25, 0.3) is 6.08 Å². The molecule has 1 aromatic carbocycles. The Bertz CT molecular complexity index is 1200. The zero-order valence-electron chi connectivity index (χ0n) is 18.5. The van der Waals surface area contributed by atoms with Crippen LogP contribution >= 0.6 is 0 Å². The van der Waals surface area contributed by atoms with Gasteiger partial charge in [0, 0.05) is 62.6 Å². The van der Waals surface area contributed by atoms with E-state index in [2.05, 4.69) is 20.5 Å². The molecule has 0 unspecified atom stereocenters. The normalized spacial score (nSPS) is 13.5. The number of hydrogen-bond acceptors (Lipinski definition) is 5. The van der Waals surface area contributed by atoms with Crippen molar-refractivity contribution in [3.05, 3.63) is 83.2 Å². The first kappa shape index (κ1) is 23.2. The summed E-state index contributed by atoms with van der Waals surface area (Å²) in [6.07, 6.45) is 7.51. The number of halogens is 2. The van der Waals surface area contributed by atoms with Gasteiger partial charge in [-0.3, -0.25) is 14.6 Å². The quantitative estimate of drug-likeness (QED) is 0.540. The Hall–Kier alpha value is -3.95. The molecular weight excluding hydrogens is 442 g/mol. The van der Waals surface area contributed by atoms with Crippen LogP contribution in [0.1, 0.15) is 29.2 Å². The predicted octanol–water partition coefficient (Wildman–Crippen LogP) is 2.30. The van der Waals surface area contributed by atoms with E-state index in [0.29, 0.717) is 44.7 Å². The standard InChI is InChI=1S/C24H24F2N6O2/c25-19-6-4-18(20(26)14-19)5-8-24(34)31-11-9-21-29-30-22(32(21)13-12-31)16-28-23(33)7-3-17-2-1-10-27-15-17/h1-2,4-6,8,10,14-15H,3,7,9,11-13,16H2,(H,28,33). The molecule has 1 aliphatic rings. The van der Waals surface area contributed by atoms with Crippen molar-refractivity contribution in [2.75, 3.05) is 13.1 Å². The van der Waals surface area contributed by atoms with E-state index in [1.807, 2.05) is 16.7 Å². The molecule has 0 spiro atoms. The van der Waals surface area contributed by atoms with E-state index < -0.39 is 11.6 Å². The molecule has 8 nitrogen and oxygen atoms in total. The van der Waals surface area contributed by atoms with Crippen LogP contribution in [0.2, 0.25) is 0 Å². The number of pyridine rings is 1. The summed E-state index contributed by atoms with van der Waals surface area (Å²) in [6, 6.07) is 6.97. The molecule has 0 fully saturated rings. The van der Waals surface area contributed by atoms with Crippen molar-refractivity contribution < 1.29 is 18.4 Å². The van der Waals surface area contributed by atoms with E-state index in [4.69, 9.17) is 0 Å². The van der Waals surface area contributed by atoms with E-state index in [1.54, 1.807) is 17.3 Å². The van der Waals surface area contributed by atoms with Crippen molar-refractivity contribution in [1.82, 2.24) is 30.0 Å². The van der Waals surface area contributed by atoms with E-state index in [-0.39, 0.29) is 23.9 Å². The molecule has 0 aliphatic carbocycles. The lowest BCUT2D eigenvalue weighted by molar-refractivity contribution is -0.126. The molecule has 34 heavy (non-hydrogen) atoms. The van der Waals surface area contributed by atoms with E-state index in [0.717, 1.165) is 23.5 Å². The van der Waals surface area contributed by atoms with Gasteiger partial charge in [0.2, 0.25) is 11.8 Å². The van der Waals surface area contributed by atoms with Gasteiger partial charge in [-0.1, -0.05) is 6.07 Å². The van der Waals surface area contributed by atoms with Crippen LogP contribution in [0, 0.1) is 11.6 Å². The second kappa shape index (κ2) is 10.8. The topological polar surface area (TPSA) is 93.0 Å². The van der Waals surface area contributed by atoms with Gasteiger partial charge >= 0.3 is 0 Å². The SMILES string of the molecule is O=C(CCc1cccnc1)NCc1nnc2n1CCN(C(=O)C=Cc1ccc(F)cc1F)CC2. The zero-order valence-corrected chi connectivity index (χ0v) is 18.5. The van der Waals surface area contributed by atoms with Crippen LogP contribution in [0.4, 0.5) is 8.78 Å². The number of amides is 2. The Morgan fingerprint density at radius 2 is 2.00 bits per heavy atom. The van der Waals surface area contributed by atoms with Gasteiger partial charge in [0.15, 0.2) is 5.82 Å². The number of carbonyl (C=O) groups is 2.